The molecule has 0 unspecified atom stereocenters. The number of halogens is 2. The number of carbonyl (C=O) groups excluding carboxylic acids is 1. The largest absolute Gasteiger partial charge is 0.358 e. The molecule has 1 aromatic carbocycles. The molecule has 0 saturated carbocycles. The Bertz CT molecular complexity index is 924. The van der Waals surface area contributed by atoms with E-state index in [0.29, 0.717) is 17.0 Å². The summed E-state index contributed by atoms with van der Waals surface area (Å²) in [5.41, 5.74) is 1.03. The van der Waals surface area contributed by atoms with Crippen LogP contribution in [0, 0.1) is 18.6 Å². The molecule has 1 amide bonds. The van der Waals surface area contributed by atoms with E-state index in [4.69, 9.17) is 0 Å². The normalized spacial score (nSPS) is 10.8. The number of likely N-dealkylation sites (N-methyl/N-ethyl adjacent to an activating group) is 1. The van der Waals surface area contributed by atoms with Crippen LogP contribution in [0.2, 0.25) is 0 Å². The first-order valence-electron chi connectivity index (χ1n) is 7.09. The SMILES string of the molecule is CNC(=O)Cn1nc(Nc2ncnc3cc(F)c(F)cc23)cc1C. The van der Waals surface area contributed by atoms with Crippen molar-refractivity contribution in [1.29, 1.82) is 0 Å². The van der Waals surface area contributed by atoms with Crippen molar-refractivity contribution in [3.05, 3.63) is 41.9 Å². The van der Waals surface area contributed by atoms with Crippen molar-refractivity contribution in [1.82, 2.24) is 25.1 Å². The lowest BCUT2D eigenvalue weighted by atomic mass is 10.2. The van der Waals surface area contributed by atoms with Crippen LogP contribution >= 0.6 is 0 Å². The van der Waals surface area contributed by atoms with Crippen molar-refractivity contribution >= 4 is 28.4 Å². The van der Waals surface area contributed by atoms with Gasteiger partial charge in [-0.1, -0.05) is 0 Å². The molecule has 24 heavy (non-hydrogen) atoms. The summed E-state index contributed by atoms with van der Waals surface area (Å²) >= 11 is 0. The minimum absolute atomic E-state index is 0.0778. The maximum atomic E-state index is 13.5. The van der Waals surface area contributed by atoms with Crippen LogP contribution in [0.4, 0.5) is 20.4 Å². The summed E-state index contributed by atoms with van der Waals surface area (Å²) in [5.74, 6) is -1.41. The first-order chi connectivity index (χ1) is 11.5. The summed E-state index contributed by atoms with van der Waals surface area (Å²) in [6.45, 7) is 1.88. The fourth-order valence-electron chi connectivity index (χ4n) is 2.22. The van der Waals surface area contributed by atoms with Gasteiger partial charge in [0.2, 0.25) is 5.91 Å². The summed E-state index contributed by atoms with van der Waals surface area (Å²) in [6, 6.07) is 3.76. The maximum absolute atomic E-state index is 13.5. The van der Waals surface area contributed by atoms with Gasteiger partial charge in [0.1, 0.15) is 18.7 Å². The quantitative estimate of drug-likeness (QED) is 0.762. The summed E-state index contributed by atoms with van der Waals surface area (Å²) in [7, 11) is 1.54. The Kier molecular flexibility index (Phi) is 4.07. The third-order valence-corrected chi connectivity index (χ3v) is 3.48. The molecule has 7 nitrogen and oxygen atoms in total. The molecule has 2 heterocycles. The van der Waals surface area contributed by atoms with E-state index in [1.807, 2.05) is 0 Å². The summed E-state index contributed by atoms with van der Waals surface area (Å²) in [5, 5.41) is 10.0. The number of nitrogens with zero attached hydrogens (tertiary/aromatic N) is 4. The Morgan fingerprint density at radius 3 is 2.71 bits per heavy atom. The second-order valence-electron chi connectivity index (χ2n) is 5.13. The average Bonchev–Trinajstić information content (AvgIpc) is 2.88. The van der Waals surface area contributed by atoms with Gasteiger partial charge in [-0.2, -0.15) is 5.10 Å². The second kappa shape index (κ2) is 6.19. The van der Waals surface area contributed by atoms with Gasteiger partial charge in [0.15, 0.2) is 17.5 Å². The van der Waals surface area contributed by atoms with E-state index in [1.54, 1.807) is 20.0 Å². The lowest BCUT2D eigenvalue weighted by Gasteiger charge is -2.06. The number of carbonyl (C=O) groups is 1. The third kappa shape index (κ3) is 3.00. The molecule has 0 bridgehead atoms. The van der Waals surface area contributed by atoms with E-state index < -0.39 is 11.6 Å². The summed E-state index contributed by atoms with van der Waals surface area (Å²) < 4.78 is 28.3. The van der Waals surface area contributed by atoms with Gasteiger partial charge in [-0.25, -0.2) is 18.7 Å². The smallest absolute Gasteiger partial charge is 0.241 e. The zero-order valence-electron chi connectivity index (χ0n) is 13.0. The molecule has 124 valence electrons. The lowest BCUT2D eigenvalue weighted by molar-refractivity contribution is -0.121. The number of rotatable bonds is 4. The van der Waals surface area contributed by atoms with Gasteiger partial charge in [0.25, 0.3) is 0 Å². The molecule has 0 aliphatic rings. The van der Waals surface area contributed by atoms with Gasteiger partial charge in [0.05, 0.1) is 5.52 Å². The molecule has 0 atom stereocenters. The first kappa shape index (κ1) is 15.8. The molecule has 2 aromatic heterocycles. The van der Waals surface area contributed by atoms with Crippen molar-refractivity contribution in [2.75, 3.05) is 12.4 Å². The molecular weight excluding hydrogens is 318 g/mol. The topological polar surface area (TPSA) is 84.7 Å². The van der Waals surface area contributed by atoms with Crippen molar-refractivity contribution in [3.8, 4) is 0 Å². The Balaban J connectivity index is 1.94. The zero-order valence-corrected chi connectivity index (χ0v) is 13.0. The van der Waals surface area contributed by atoms with Gasteiger partial charge < -0.3 is 10.6 Å². The Morgan fingerprint density at radius 1 is 1.21 bits per heavy atom. The zero-order chi connectivity index (χ0) is 17.3. The molecule has 0 fully saturated rings. The lowest BCUT2D eigenvalue weighted by Crippen LogP contribution is -2.24. The highest BCUT2D eigenvalue weighted by Crippen LogP contribution is 2.24. The van der Waals surface area contributed by atoms with E-state index in [1.165, 1.54) is 11.0 Å². The van der Waals surface area contributed by atoms with Gasteiger partial charge >= 0.3 is 0 Å². The maximum Gasteiger partial charge on any atom is 0.241 e. The Labute approximate surface area is 135 Å². The molecule has 9 heteroatoms. The van der Waals surface area contributed by atoms with E-state index in [2.05, 4.69) is 25.7 Å². The van der Waals surface area contributed by atoms with Gasteiger partial charge in [-0.05, 0) is 13.0 Å². The summed E-state index contributed by atoms with van der Waals surface area (Å²) in [6.07, 6.45) is 1.25. The number of hydrogen-bond acceptors (Lipinski definition) is 5. The number of anilines is 2. The summed E-state index contributed by atoms with van der Waals surface area (Å²) in [4.78, 5) is 19.4. The molecule has 3 aromatic rings. The molecule has 0 aliphatic carbocycles. The van der Waals surface area contributed by atoms with Crippen LogP contribution in [-0.2, 0) is 11.3 Å². The molecule has 0 aliphatic heterocycles. The van der Waals surface area contributed by atoms with Crippen molar-refractivity contribution in [2.45, 2.75) is 13.5 Å². The van der Waals surface area contributed by atoms with Crippen molar-refractivity contribution < 1.29 is 13.6 Å². The number of aryl methyl sites for hydroxylation is 1. The van der Waals surface area contributed by atoms with Gasteiger partial charge in [-0.3, -0.25) is 9.48 Å². The molecule has 2 N–H and O–H groups in total. The number of nitrogens with one attached hydrogen (secondary N) is 2. The fourth-order valence-corrected chi connectivity index (χ4v) is 2.22. The monoisotopic (exact) mass is 332 g/mol. The minimum Gasteiger partial charge on any atom is -0.358 e. The number of benzene rings is 1. The number of amides is 1. The Morgan fingerprint density at radius 2 is 1.96 bits per heavy atom. The van der Waals surface area contributed by atoms with Crippen LogP contribution in [0.5, 0.6) is 0 Å². The number of aromatic nitrogens is 4. The van der Waals surface area contributed by atoms with Crippen LogP contribution in [0.25, 0.3) is 10.9 Å². The van der Waals surface area contributed by atoms with Crippen LogP contribution in [-0.4, -0.2) is 32.7 Å². The molecule has 0 spiro atoms. The van der Waals surface area contributed by atoms with Crippen LogP contribution < -0.4 is 10.6 Å². The predicted molar refractivity (Wildman–Crippen MR) is 83.8 cm³/mol. The van der Waals surface area contributed by atoms with E-state index in [0.717, 1.165) is 17.8 Å². The van der Waals surface area contributed by atoms with Crippen LogP contribution in [0.3, 0.4) is 0 Å². The highest BCUT2D eigenvalue weighted by molar-refractivity contribution is 5.90. The molecule has 0 saturated heterocycles. The third-order valence-electron chi connectivity index (χ3n) is 3.48. The Hall–Kier alpha value is -3.10. The predicted octanol–water partition coefficient (Wildman–Crippen LogP) is 1.90. The number of hydrogen-bond donors (Lipinski definition) is 2. The number of fused-ring (bicyclic) bond motifs is 1. The molecular formula is C15H14F2N6O. The average molecular weight is 332 g/mol. The minimum atomic E-state index is -0.985. The highest BCUT2D eigenvalue weighted by atomic mass is 19.2. The van der Waals surface area contributed by atoms with E-state index in [9.17, 15) is 13.6 Å². The molecule has 3 rings (SSSR count). The fraction of sp³-hybridized carbons (Fsp3) is 0.200. The van der Waals surface area contributed by atoms with E-state index >= 15 is 0 Å². The van der Waals surface area contributed by atoms with Crippen molar-refractivity contribution in [2.24, 2.45) is 0 Å². The van der Waals surface area contributed by atoms with Crippen LogP contribution in [0.15, 0.2) is 24.5 Å². The second-order valence-corrected chi connectivity index (χ2v) is 5.13. The standard InChI is InChI=1S/C15H14F2N6O/c1-8-3-13(22-23(8)6-14(24)18-2)21-15-9-4-10(16)11(17)5-12(9)19-7-20-15/h3-5,7H,6H2,1-2H3,(H,18,24)(H,19,20,21,22). The van der Waals surface area contributed by atoms with Gasteiger partial charge in [-0.15, -0.1) is 0 Å². The van der Waals surface area contributed by atoms with Gasteiger partial charge in [0, 0.05) is 30.3 Å². The van der Waals surface area contributed by atoms with E-state index in [-0.39, 0.29) is 18.0 Å². The molecule has 0 radical (unpaired) electrons. The van der Waals surface area contributed by atoms with Crippen molar-refractivity contribution in [3.63, 3.8) is 0 Å². The van der Waals surface area contributed by atoms with Crippen LogP contribution in [0.1, 0.15) is 5.69 Å². The highest BCUT2D eigenvalue weighted by Gasteiger charge is 2.12. The first-order valence-corrected chi connectivity index (χ1v) is 7.09.